The zero-order valence-corrected chi connectivity index (χ0v) is 38.4. The van der Waals surface area contributed by atoms with E-state index in [0.29, 0.717) is 57.6 Å². The summed E-state index contributed by atoms with van der Waals surface area (Å²) < 4.78 is 52.1. The number of halogens is 6. The molecule has 15 nitrogen and oxygen atoms in total. The van der Waals surface area contributed by atoms with E-state index in [1.807, 2.05) is 0 Å². The molecule has 0 radical (unpaired) electrons. The molecule has 8 rings (SSSR count). The maximum absolute atomic E-state index is 13.1. The molecule has 0 unspecified atom stereocenters. The molecule has 4 aromatic rings. The molecule has 0 aliphatic carbocycles. The van der Waals surface area contributed by atoms with E-state index in [1.54, 1.807) is 36.4 Å². The molecule has 0 aromatic heterocycles. The Morgan fingerprint density at radius 2 is 1.00 bits per heavy atom. The number of hydrogen-bond acceptors (Lipinski definition) is 12. The first-order valence-corrected chi connectivity index (χ1v) is 21.9. The first-order valence-electron chi connectivity index (χ1n) is 15.8. The fraction of sp³-hybridized carbons (Fsp3) is 0.176. The first kappa shape index (κ1) is 43.9. The van der Waals surface area contributed by atoms with Crippen LogP contribution in [0.15, 0.2) is 85.7 Å². The summed E-state index contributed by atoms with van der Waals surface area (Å²) >= 11 is 20.4. The third-order valence-corrected chi connectivity index (χ3v) is 11.7. The molecule has 4 heterocycles. The van der Waals surface area contributed by atoms with Crippen molar-refractivity contribution in [2.24, 2.45) is 10.3 Å². The molecule has 296 valence electrons. The van der Waals surface area contributed by atoms with Gasteiger partial charge < -0.3 is 39.8 Å². The fourth-order valence-electron chi connectivity index (χ4n) is 5.27. The maximum atomic E-state index is 13.1. The van der Waals surface area contributed by atoms with E-state index in [9.17, 15) is 38.1 Å². The van der Waals surface area contributed by atoms with Crippen molar-refractivity contribution in [2.75, 3.05) is 13.1 Å². The zero-order chi connectivity index (χ0) is 40.9. The molecular formula is C34H26Br6N4O11S. The van der Waals surface area contributed by atoms with Crippen molar-refractivity contribution in [3.8, 4) is 34.5 Å². The van der Waals surface area contributed by atoms with Crippen molar-refractivity contribution < 1.29 is 51.7 Å². The standard InChI is InChI=1S/C34H26Br6N4O11S/c35-19-5-16-2-4-42-33(46)25(43-48)11-17-8-22(38)31(23(39)9-17)54-28-14-18(10-24(40)32(28)55-56(50,51)52)12-26(44-49)34(47)41-3-1-15-6-20(36)30(21(37)7-15)53-27(13-16)29(19)45/h5-10,13-14,45,48-49H,1-4,11-12H2,(H,41,47)(H,42,46)(H,50,51,52). The van der Waals surface area contributed by atoms with E-state index in [0.717, 1.165) is 5.56 Å². The summed E-state index contributed by atoms with van der Waals surface area (Å²) in [5, 5.41) is 42.2. The van der Waals surface area contributed by atoms with Gasteiger partial charge in [-0.3, -0.25) is 14.1 Å². The van der Waals surface area contributed by atoms with Gasteiger partial charge in [0, 0.05) is 25.9 Å². The number of aromatic hydroxyl groups is 1. The van der Waals surface area contributed by atoms with E-state index in [4.69, 9.17) is 13.7 Å². The lowest BCUT2D eigenvalue weighted by Crippen LogP contribution is -2.33. The molecule has 0 fully saturated rings. The molecule has 2 amide bonds. The quantitative estimate of drug-likeness (QED) is 0.0634. The van der Waals surface area contributed by atoms with E-state index >= 15 is 0 Å². The van der Waals surface area contributed by atoms with Gasteiger partial charge in [0.25, 0.3) is 11.8 Å². The maximum Gasteiger partial charge on any atom is 0.446 e. The van der Waals surface area contributed by atoms with Crippen LogP contribution in [0.1, 0.15) is 22.3 Å². The van der Waals surface area contributed by atoms with E-state index in [2.05, 4.69) is 117 Å². The number of phenolic OH excluding ortho intramolecular Hbond substituents is 1. The Morgan fingerprint density at radius 1 is 0.607 bits per heavy atom. The molecule has 0 saturated heterocycles. The summed E-state index contributed by atoms with van der Waals surface area (Å²) in [5.74, 6) is -1.60. The van der Waals surface area contributed by atoms with Crippen LogP contribution in [0.3, 0.4) is 0 Å². The molecule has 0 atom stereocenters. The Morgan fingerprint density at radius 3 is 1.48 bits per heavy atom. The molecule has 0 spiro atoms. The molecular weight excluding hydrogens is 1150 g/mol. The van der Waals surface area contributed by atoms with Crippen molar-refractivity contribution in [3.63, 3.8) is 0 Å². The molecule has 4 aliphatic heterocycles. The van der Waals surface area contributed by atoms with E-state index in [-0.39, 0.29) is 64.8 Å². The van der Waals surface area contributed by atoms with Gasteiger partial charge in [0.15, 0.2) is 28.7 Å². The highest BCUT2D eigenvalue weighted by Crippen LogP contribution is 2.45. The van der Waals surface area contributed by atoms with Gasteiger partial charge in [0.2, 0.25) is 5.75 Å². The highest BCUT2D eigenvalue weighted by Gasteiger charge is 2.24. The number of ether oxygens (including phenoxy) is 2. The first-order chi connectivity index (χ1) is 26.5. The van der Waals surface area contributed by atoms with Crippen LogP contribution in [0, 0.1) is 0 Å². The molecule has 4 aromatic carbocycles. The Labute approximate surface area is 369 Å². The van der Waals surface area contributed by atoms with Gasteiger partial charge in [-0.1, -0.05) is 10.3 Å². The summed E-state index contributed by atoms with van der Waals surface area (Å²) in [5.41, 5.74) is 1.74. The van der Waals surface area contributed by atoms with E-state index in [1.165, 1.54) is 12.1 Å². The van der Waals surface area contributed by atoms with Crippen molar-refractivity contribution in [3.05, 3.63) is 97.6 Å². The van der Waals surface area contributed by atoms with Crippen molar-refractivity contribution in [1.82, 2.24) is 10.6 Å². The number of rotatable bonds is 2. The molecule has 4 aliphatic rings. The monoisotopic (exact) mass is 1170 g/mol. The number of carbonyl (C=O) groups is 2. The van der Waals surface area contributed by atoms with Gasteiger partial charge in [-0.25, -0.2) is 0 Å². The highest BCUT2D eigenvalue weighted by atomic mass is 79.9. The van der Waals surface area contributed by atoms with Crippen LogP contribution in [-0.4, -0.2) is 64.8 Å². The van der Waals surface area contributed by atoms with Crippen LogP contribution in [0.4, 0.5) is 0 Å². The number of nitrogens with zero attached hydrogens (tertiary/aromatic N) is 2. The lowest BCUT2D eigenvalue weighted by molar-refractivity contribution is -0.115. The number of amides is 2. The van der Waals surface area contributed by atoms with Gasteiger partial charge >= 0.3 is 10.4 Å². The average molecular weight is 1180 g/mol. The summed E-state index contributed by atoms with van der Waals surface area (Å²) in [6.45, 7) is 0.258. The fourth-order valence-corrected chi connectivity index (χ4v) is 9.71. The summed E-state index contributed by atoms with van der Waals surface area (Å²) in [6, 6.07) is 12.7. The normalized spacial score (nSPS) is 16.1. The van der Waals surface area contributed by atoms with Gasteiger partial charge in [0.05, 0.1) is 26.8 Å². The molecule has 8 bridgehead atoms. The number of nitrogens with one attached hydrogen (secondary N) is 2. The number of hydrogen-bond donors (Lipinski definition) is 6. The lowest BCUT2D eigenvalue weighted by atomic mass is 10.1. The predicted octanol–water partition coefficient (Wildman–Crippen LogP) is 8.51. The second-order valence-electron chi connectivity index (χ2n) is 11.8. The van der Waals surface area contributed by atoms with Crippen molar-refractivity contribution >= 4 is 129 Å². The zero-order valence-electron chi connectivity index (χ0n) is 28.1. The van der Waals surface area contributed by atoms with Crippen LogP contribution in [-0.2, 0) is 45.7 Å². The van der Waals surface area contributed by atoms with E-state index < -0.39 is 28.0 Å². The Kier molecular flexibility index (Phi) is 14.9. The summed E-state index contributed by atoms with van der Waals surface area (Å²) in [7, 11) is -5.05. The lowest BCUT2D eigenvalue weighted by Gasteiger charge is -2.17. The number of phenols is 1. The average Bonchev–Trinajstić information content (AvgIpc) is 3.11. The van der Waals surface area contributed by atoms with Gasteiger partial charge in [-0.05, 0) is 179 Å². The SMILES string of the molecule is O=C1NCCc2cc(Br)c(O)c(c2)Oc2c(Br)cc(cc2Br)CCNC(=O)C(=NO)Cc2cc(Br)c(OS(=O)(=O)O)c(c2)Oc2c(Br)cc(cc2Br)CC1=NO. The van der Waals surface area contributed by atoms with Crippen molar-refractivity contribution in [2.45, 2.75) is 25.7 Å². The predicted molar refractivity (Wildman–Crippen MR) is 225 cm³/mol. The number of carbonyl (C=O) groups excluding carboxylic acids is 2. The van der Waals surface area contributed by atoms with Gasteiger partial charge in [0.1, 0.15) is 11.4 Å². The minimum absolute atomic E-state index is 0.00248. The third kappa shape index (κ3) is 11.2. The minimum Gasteiger partial charge on any atom is -0.503 e. The van der Waals surface area contributed by atoms with Gasteiger partial charge in [-0.15, -0.1) is 0 Å². The largest absolute Gasteiger partial charge is 0.503 e. The minimum atomic E-state index is -5.05. The Hall–Kier alpha value is -3.25. The topological polar surface area (TPSA) is 226 Å². The van der Waals surface area contributed by atoms with Crippen LogP contribution in [0.2, 0.25) is 0 Å². The summed E-state index contributed by atoms with van der Waals surface area (Å²) in [4.78, 5) is 26.2. The summed E-state index contributed by atoms with van der Waals surface area (Å²) in [6.07, 6.45) is 0.257. The molecule has 56 heavy (non-hydrogen) atoms. The smallest absolute Gasteiger partial charge is 0.446 e. The van der Waals surface area contributed by atoms with Crippen LogP contribution in [0.5, 0.6) is 34.5 Å². The number of benzene rings is 4. The van der Waals surface area contributed by atoms with Crippen molar-refractivity contribution in [1.29, 1.82) is 0 Å². The van der Waals surface area contributed by atoms with Gasteiger partial charge in [-0.2, -0.15) is 8.42 Å². The second kappa shape index (κ2) is 19.0. The van der Waals surface area contributed by atoms with Crippen LogP contribution in [0.25, 0.3) is 0 Å². The second-order valence-corrected chi connectivity index (χ2v) is 17.9. The Bertz CT molecular complexity index is 2350. The third-order valence-electron chi connectivity index (χ3n) is 7.79. The molecule has 22 heteroatoms. The highest BCUT2D eigenvalue weighted by molar-refractivity contribution is 9.11. The Balaban J connectivity index is 1.53. The molecule has 6 N–H and O–H groups in total. The van der Waals surface area contributed by atoms with Crippen LogP contribution >= 0.6 is 95.6 Å². The number of oxime groups is 2. The van der Waals surface area contributed by atoms with Crippen LogP contribution < -0.4 is 24.3 Å². The molecule has 0 saturated carbocycles.